The van der Waals surface area contributed by atoms with Crippen molar-refractivity contribution in [2.24, 2.45) is 29.4 Å². The second kappa shape index (κ2) is 11.2. The Kier molecular flexibility index (Phi) is 9.61. The molecule has 0 saturated carbocycles. The minimum atomic E-state index is 0.241. The summed E-state index contributed by atoms with van der Waals surface area (Å²) < 4.78 is 0. The molecule has 6 atom stereocenters. The topological polar surface area (TPSA) is 41.3 Å². The van der Waals surface area contributed by atoms with E-state index in [2.05, 4.69) is 49.9 Å². The van der Waals surface area contributed by atoms with E-state index in [9.17, 15) is 0 Å². The lowest BCUT2D eigenvalue weighted by Gasteiger charge is -2.37. The van der Waals surface area contributed by atoms with E-state index < -0.39 is 0 Å². The Morgan fingerprint density at radius 3 is 2.48 bits per heavy atom. The zero-order chi connectivity index (χ0) is 18.2. The SMILES string of the molecule is CCCC(C(CCC(CC)CC1CCNC1N)C1CCSC1)N(C)C. The Hall–Kier alpha value is 0.230. The summed E-state index contributed by atoms with van der Waals surface area (Å²) in [6, 6.07) is 0.765. The molecule has 0 aromatic rings. The summed E-state index contributed by atoms with van der Waals surface area (Å²) in [4.78, 5) is 2.52. The van der Waals surface area contributed by atoms with E-state index in [1.54, 1.807) is 0 Å². The van der Waals surface area contributed by atoms with E-state index in [0.29, 0.717) is 5.92 Å². The first-order valence-electron chi connectivity index (χ1n) is 10.8. The molecule has 4 heteroatoms. The Balaban J connectivity index is 1.94. The summed E-state index contributed by atoms with van der Waals surface area (Å²) in [6.45, 7) is 5.85. The summed E-state index contributed by atoms with van der Waals surface area (Å²) in [5.41, 5.74) is 6.24. The van der Waals surface area contributed by atoms with Crippen LogP contribution in [0.1, 0.15) is 65.2 Å². The third-order valence-corrected chi connectivity index (χ3v) is 8.03. The lowest BCUT2D eigenvalue weighted by atomic mass is 9.77. The summed E-state index contributed by atoms with van der Waals surface area (Å²) in [7, 11) is 4.60. The second-order valence-corrected chi connectivity index (χ2v) is 9.87. The van der Waals surface area contributed by atoms with Gasteiger partial charge in [-0.25, -0.2) is 0 Å². The fraction of sp³-hybridized carbons (Fsp3) is 1.00. The van der Waals surface area contributed by atoms with Crippen molar-refractivity contribution in [1.82, 2.24) is 10.2 Å². The molecular weight excluding hydrogens is 326 g/mol. The molecule has 3 nitrogen and oxygen atoms in total. The quantitative estimate of drug-likeness (QED) is 0.573. The third-order valence-electron chi connectivity index (χ3n) is 6.84. The molecule has 148 valence electrons. The highest BCUT2D eigenvalue weighted by atomic mass is 32.2. The van der Waals surface area contributed by atoms with Gasteiger partial charge in [0.25, 0.3) is 0 Å². The highest BCUT2D eigenvalue weighted by Gasteiger charge is 2.33. The number of thioether (sulfide) groups is 1. The molecule has 0 aliphatic carbocycles. The number of hydrogen-bond donors (Lipinski definition) is 2. The normalized spacial score (nSPS) is 30.7. The molecule has 2 fully saturated rings. The van der Waals surface area contributed by atoms with Gasteiger partial charge in [-0.05, 0) is 87.9 Å². The van der Waals surface area contributed by atoms with Gasteiger partial charge in [0, 0.05) is 6.04 Å². The Bertz CT molecular complexity index is 357. The summed E-state index contributed by atoms with van der Waals surface area (Å²) in [5.74, 6) is 6.16. The Morgan fingerprint density at radius 2 is 1.96 bits per heavy atom. The van der Waals surface area contributed by atoms with Crippen molar-refractivity contribution in [3.63, 3.8) is 0 Å². The first kappa shape index (κ1) is 21.5. The van der Waals surface area contributed by atoms with E-state index in [-0.39, 0.29) is 6.17 Å². The smallest absolute Gasteiger partial charge is 0.0575 e. The van der Waals surface area contributed by atoms with Gasteiger partial charge >= 0.3 is 0 Å². The van der Waals surface area contributed by atoms with Gasteiger partial charge in [0.2, 0.25) is 0 Å². The lowest BCUT2D eigenvalue weighted by molar-refractivity contribution is 0.135. The molecule has 2 rings (SSSR count). The van der Waals surface area contributed by atoms with Crippen molar-refractivity contribution >= 4 is 11.8 Å². The zero-order valence-electron chi connectivity index (χ0n) is 17.2. The van der Waals surface area contributed by atoms with E-state index >= 15 is 0 Å². The van der Waals surface area contributed by atoms with Crippen molar-refractivity contribution in [3.8, 4) is 0 Å². The predicted molar refractivity (Wildman–Crippen MR) is 113 cm³/mol. The highest BCUT2D eigenvalue weighted by molar-refractivity contribution is 7.99. The summed E-state index contributed by atoms with van der Waals surface area (Å²) in [6.07, 6.45) is 11.1. The molecule has 0 aromatic carbocycles. The first-order valence-corrected chi connectivity index (χ1v) is 11.9. The van der Waals surface area contributed by atoms with Crippen molar-refractivity contribution in [1.29, 1.82) is 0 Å². The molecule has 25 heavy (non-hydrogen) atoms. The molecule has 0 radical (unpaired) electrons. The molecule has 3 N–H and O–H groups in total. The van der Waals surface area contributed by atoms with Crippen molar-refractivity contribution in [3.05, 3.63) is 0 Å². The van der Waals surface area contributed by atoms with Crippen LogP contribution in [0.5, 0.6) is 0 Å². The standard InChI is InChI=1S/C21H43N3S/c1-5-7-20(24(3)4)19(18-11-13-25-15-18)9-8-16(6-2)14-17-10-12-23-21(17)22/h16-21,23H,5-15,22H2,1-4H3. The van der Waals surface area contributed by atoms with Gasteiger partial charge in [-0.15, -0.1) is 0 Å². The van der Waals surface area contributed by atoms with Crippen LogP contribution < -0.4 is 11.1 Å². The number of nitrogens with one attached hydrogen (secondary N) is 1. The number of hydrogen-bond acceptors (Lipinski definition) is 4. The van der Waals surface area contributed by atoms with Gasteiger partial charge in [0.05, 0.1) is 6.17 Å². The highest BCUT2D eigenvalue weighted by Crippen LogP contribution is 2.38. The maximum atomic E-state index is 6.24. The molecule has 0 amide bonds. The van der Waals surface area contributed by atoms with Crippen LogP contribution in [-0.2, 0) is 0 Å². The third kappa shape index (κ3) is 6.41. The van der Waals surface area contributed by atoms with Gasteiger partial charge in [-0.1, -0.05) is 33.1 Å². The van der Waals surface area contributed by atoms with Crippen LogP contribution in [0.2, 0.25) is 0 Å². The van der Waals surface area contributed by atoms with Crippen LogP contribution in [0.25, 0.3) is 0 Å². The van der Waals surface area contributed by atoms with Crippen LogP contribution in [0.4, 0.5) is 0 Å². The van der Waals surface area contributed by atoms with E-state index in [0.717, 1.165) is 30.3 Å². The number of nitrogens with two attached hydrogens (primary N) is 1. The fourth-order valence-corrected chi connectivity index (χ4v) is 6.53. The van der Waals surface area contributed by atoms with E-state index in [4.69, 9.17) is 5.73 Å². The average Bonchev–Trinajstić information content (AvgIpc) is 3.25. The molecular formula is C21H43N3S. The summed E-state index contributed by atoms with van der Waals surface area (Å²) in [5, 5.41) is 3.43. The minimum absolute atomic E-state index is 0.241. The number of nitrogens with zero attached hydrogens (tertiary/aromatic N) is 1. The fourth-order valence-electron chi connectivity index (χ4n) is 5.17. The zero-order valence-corrected chi connectivity index (χ0v) is 18.0. The van der Waals surface area contributed by atoms with Crippen LogP contribution in [0.3, 0.4) is 0 Å². The van der Waals surface area contributed by atoms with Gasteiger partial charge in [0.15, 0.2) is 0 Å². The molecule has 2 aliphatic heterocycles. The van der Waals surface area contributed by atoms with Crippen LogP contribution in [-0.4, -0.2) is 49.3 Å². The maximum absolute atomic E-state index is 6.24. The number of rotatable bonds is 11. The minimum Gasteiger partial charge on any atom is -0.316 e. The van der Waals surface area contributed by atoms with Crippen LogP contribution in [0.15, 0.2) is 0 Å². The lowest BCUT2D eigenvalue weighted by Crippen LogP contribution is -2.39. The molecule has 2 saturated heterocycles. The Morgan fingerprint density at radius 1 is 1.16 bits per heavy atom. The van der Waals surface area contributed by atoms with Crippen LogP contribution >= 0.6 is 11.8 Å². The van der Waals surface area contributed by atoms with E-state index in [1.807, 2.05) is 0 Å². The molecule has 2 heterocycles. The van der Waals surface area contributed by atoms with Crippen molar-refractivity contribution in [2.75, 3.05) is 32.1 Å². The average molecular weight is 370 g/mol. The van der Waals surface area contributed by atoms with Gasteiger partial charge in [-0.2, -0.15) is 11.8 Å². The van der Waals surface area contributed by atoms with Crippen molar-refractivity contribution in [2.45, 2.75) is 77.4 Å². The largest absolute Gasteiger partial charge is 0.316 e. The molecule has 0 bridgehead atoms. The second-order valence-electron chi connectivity index (χ2n) is 8.72. The molecule has 0 spiro atoms. The molecule has 6 unspecified atom stereocenters. The predicted octanol–water partition coefficient (Wildman–Crippen LogP) is 4.18. The van der Waals surface area contributed by atoms with Crippen molar-refractivity contribution < 1.29 is 0 Å². The van der Waals surface area contributed by atoms with Crippen LogP contribution in [0, 0.1) is 23.7 Å². The van der Waals surface area contributed by atoms with Gasteiger partial charge < -0.3 is 16.0 Å². The summed E-state index contributed by atoms with van der Waals surface area (Å²) >= 11 is 2.18. The Labute approximate surface area is 161 Å². The maximum Gasteiger partial charge on any atom is 0.0575 e. The molecule has 2 aliphatic rings. The van der Waals surface area contributed by atoms with Gasteiger partial charge in [-0.3, -0.25) is 0 Å². The van der Waals surface area contributed by atoms with Gasteiger partial charge in [0.1, 0.15) is 0 Å². The molecule has 0 aromatic heterocycles. The van der Waals surface area contributed by atoms with E-state index in [1.165, 1.54) is 62.9 Å². The first-order chi connectivity index (χ1) is 12.1. The monoisotopic (exact) mass is 369 g/mol.